The van der Waals surface area contributed by atoms with Crippen LogP contribution in [-0.4, -0.2) is 6.54 Å². The van der Waals surface area contributed by atoms with Crippen LogP contribution < -0.4 is 15.3 Å². The van der Waals surface area contributed by atoms with Crippen molar-refractivity contribution in [2.75, 3.05) is 6.54 Å². The molecule has 20 heavy (non-hydrogen) atoms. The third kappa shape index (κ3) is 2.65. The van der Waals surface area contributed by atoms with Crippen molar-refractivity contribution in [1.82, 2.24) is 0 Å². The maximum atomic E-state index is 12.9. The third-order valence-electron chi connectivity index (χ3n) is 2.99. The fourth-order valence-electron chi connectivity index (χ4n) is 2.11. The highest BCUT2D eigenvalue weighted by Crippen LogP contribution is 2.18. The highest BCUT2D eigenvalue weighted by molar-refractivity contribution is 6.34. The minimum atomic E-state index is -0.300. The summed E-state index contributed by atoms with van der Waals surface area (Å²) in [6, 6.07) is 9.29. The summed E-state index contributed by atoms with van der Waals surface area (Å²) in [6.45, 7) is 0.611. The Hall–Kier alpha value is -1.58. The largest absolute Gasteiger partial charge is 0.461 e. The van der Waals surface area contributed by atoms with Crippen molar-refractivity contribution >= 4 is 29.0 Å². The Bertz CT molecular complexity index is 772. The molecule has 1 aliphatic rings. The number of benzene rings is 2. The van der Waals surface area contributed by atoms with Gasteiger partial charge >= 0.3 is 0 Å². The van der Waals surface area contributed by atoms with Crippen molar-refractivity contribution < 1.29 is 9.13 Å². The molecule has 0 amide bonds. The first-order valence-corrected chi connectivity index (χ1v) is 6.85. The zero-order chi connectivity index (χ0) is 14.1. The molecule has 3 rings (SSSR count). The molecule has 102 valence electrons. The van der Waals surface area contributed by atoms with Gasteiger partial charge in [0.2, 0.25) is 0 Å². The molecule has 0 spiro atoms. The molecule has 0 aromatic heterocycles. The number of halogens is 3. The molecule has 0 saturated heterocycles. The first-order chi connectivity index (χ1) is 9.63. The molecule has 2 aromatic carbocycles. The van der Waals surface area contributed by atoms with E-state index in [-0.39, 0.29) is 5.82 Å². The van der Waals surface area contributed by atoms with E-state index in [2.05, 4.69) is 4.99 Å². The molecule has 0 radical (unpaired) electrons. The van der Waals surface area contributed by atoms with Crippen LogP contribution in [0.4, 0.5) is 4.39 Å². The number of hydrogen-bond acceptors (Lipinski definition) is 2. The quantitative estimate of drug-likeness (QED) is 0.833. The van der Waals surface area contributed by atoms with Gasteiger partial charge in [0.1, 0.15) is 17.3 Å². The minimum absolute atomic E-state index is 0.300. The lowest BCUT2D eigenvalue weighted by molar-refractivity contribution is 0.479. The van der Waals surface area contributed by atoms with E-state index in [1.165, 1.54) is 12.1 Å². The number of nitrogens with zero attached hydrogens (tertiary/aromatic N) is 1. The smallest absolute Gasteiger partial charge is 0.127 e. The number of ether oxygens (including phenoxy) is 1. The maximum Gasteiger partial charge on any atom is 0.127 e. The highest BCUT2D eigenvalue weighted by atomic mass is 35.5. The van der Waals surface area contributed by atoms with Crippen LogP contribution in [0.25, 0.3) is 5.76 Å². The Morgan fingerprint density at radius 3 is 2.60 bits per heavy atom. The summed E-state index contributed by atoms with van der Waals surface area (Å²) in [5.41, 5.74) is 0. The lowest BCUT2D eigenvalue weighted by atomic mass is 10.2. The van der Waals surface area contributed by atoms with E-state index in [1.807, 2.05) is 0 Å². The number of fused-ring (bicyclic) bond motifs is 1. The van der Waals surface area contributed by atoms with E-state index in [1.54, 1.807) is 24.3 Å². The Labute approximate surface area is 125 Å². The van der Waals surface area contributed by atoms with Gasteiger partial charge in [0.15, 0.2) is 0 Å². The molecule has 1 aliphatic heterocycles. The molecule has 5 heteroatoms. The second-order valence-electron chi connectivity index (χ2n) is 4.39. The highest BCUT2D eigenvalue weighted by Gasteiger charge is 2.12. The van der Waals surface area contributed by atoms with Crippen LogP contribution >= 0.6 is 23.2 Å². The average Bonchev–Trinajstić information content (AvgIpc) is 2.41. The van der Waals surface area contributed by atoms with E-state index in [0.717, 1.165) is 16.3 Å². The van der Waals surface area contributed by atoms with Gasteiger partial charge in [-0.25, -0.2) is 4.39 Å². The number of rotatable bonds is 2. The Balaban J connectivity index is 2.11. The standard InChI is InChI=1S/C15H10Cl2FNO/c16-9-7-12(17)15-13(8-9)19-6-5-14(15)20-11-3-1-10(18)2-4-11/h1-4,7-8H,5-6H2. The summed E-state index contributed by atoms with van der Waals surface area (Å²) in [6.07, 6.45) is 0.645. The van der Waals surface area contributed by atoms with E-state index >= 15 is 0 Å². The van der Waals surface area contributed by atoms with Gasteiger partial charge in [-0.05, 0) is 36.4 Å². The second kappa shape index (κ2) is 5.43. The summed E-state index contributed by atoms with van der Waals surface area (Å²) in [4.78, 5) is 4.39. The van der Waals surface area contributed by atoms with Crippen LogP contribution in [0, 0.1) is 5.82 Å². The maximum absolute atomic E-state index is 12.9. The van der Waals surface area contributed by atoms with Crippen molar-refractivity contribution in [1.29, 1.82) is 0 Å². The monoisotopic (exact) mass is 309 g/mol. The lowest BCUT2D eigenvalue weighted by Crippen LogP contribution is -2.33. The third-order valence-corrected chi connectivity index (χ3v) is 3.51. The lowest BCUT2D eigenvalue weighted by Gasteiger charge is -2.13. The minimum Gasteiger partial charge on any atom is -0.461 e. The predicted molar refractivity (Wildman–Crippen MR) is 77.2 cm³/mol. The van der Waals surface area contributed by atoms with Crippen molar-refractivity contribution in [3.63, 3.8) is 0 Å². The van der Waals surface area contributed by atoms with Crippen molar-refractivity contribution in [2.45, 2.75) is 6.42 Å². The van der Waals surface area contributed by atoms with Crippen LogP contribution in [0.1, 0.15) is 6.42 Å². The van der Waals surface area contributed by atoms with Gasteiger partial charge in [0.05, 0.1) is 15.6 Å². The fraction of sp³-hybridized carbons (Fsp3) is 0.133. The van der Waals surface area contributed by atoms with E-state index in [4.69, 9.17) is 27.9 Å². The van der Waals surface area contributed by atoms with Crippen molar-refractivity contribution in [3.05, 3.63) is 62.8 Å². The van der Waals surface area contributed by atoms with E-state index in [0.29, 0.717) is 28.8 Å². The van der Waals surface area contributed by atoms with Gasteiger partial charge in [0, 0.05) is 18.0 Å². The normalized spacial score (nSPS) is 13.7. The summed E-state index contributed by atoms with van der Waals surface area (Å²) in [5.74, 6) is 0.995. The predicted octanol–water partition coefficient (Wildman–Crippen LogP) is 3.34. The first kappa shape index (κ1) is 13.4. The number of hydrogen-bond donors (Lipinski definition) is 0. The molecule has 0 unspecified atom stereocenters. The Kier molecular flexibility index (Phi) is 3.64. The summed E-state index contributed by atoms with van der Waals surface area (Å²) >= 11 is 12.2. The van der Waals surface area contributed by atoms with E-state index < -0.39 is 0 Å². The summed E-state index contributed by atoms with van der Waals surface area (Å²) in [5, 5.41) is 2.53. The van der Waals surface area contributed by atoms with Gasteiger partial charge in [-0.1, -0.05) is 23.2 Å². The molecule has 2 aromatic rings. The first-order valence-electron chi connectivity index (χ1n) is 6.09. The molecular formula is C15H10Cl2FNO. The van der Waals surface area contributed by atoms with Gasteiger partial charge in [-0.2, -0.15) is 0 Å². The molecule has 0 atom stereocenters. The topological polar surface area (TPSA) is 21.6 Å². The molecule has 1 heterocycles. The van der Waals surface area contributed by atoms with Gasteiger partial charge in [-0.15, -0.1) is 0 Å². The molecule has 0 N–H and O–H groups in total. The van der Waals surface area contributed by atoms with Crippen LogP contribution in [-0.2, 0) is 0 Å². The van der Waals surface area contributed by atoms with Crippen LogP contribution in [0.15, 0.2) is 41.4 Å². The van der Waals surface area contributed by atoms with Crippen LogP contribution in [0.5, 0.6) is 5.75 Å². The Morgan fingerprint density at radius 1 is 1.10 bits per heavy atom. The zero-order valence-corrected chi connectivity index (χ0v) is 11.9. The molecule has 2 nitrogen and oxygen atoms in total. The summed E-state index contributed by atoms with van der Waals surface area (Å²) in [7, 11) is 0. The molecule has 0 bridgehead atoms. The molecule has 0 aliphatic carbocycles. The van der Waals surface area contributed by atoms with E-state index in [9.17, 15) is 4.39 Å². The van der Waals surface area contributed by atoms with Gasteiger partial charge in [-0.3, -0.25) is 4.99 Å². The molecule has 0 fully saturated rings. The average molecular weight is 310 g/mol. The van der Waals surface area contributed by atoms with Crippen molar-refractivity contribution in [2.24, 2.45) is 4.99 Å². The van der Waals surface area contributed by atoms with Gasteiger partial charge < -0.3 is 4.74 Å². The van der Waals surface area contributed by atoms with Crippen LogP contribution in [0.2, 0.25) is 10.0 Å². The van der Waals surface area contributed by atoms with Crippen molar-refractivity contribution in [3.8, 4) is 5.75 Å². The van der Waals surface area contributed by atoms with Gasteiger partial charge in [0.25, 0.3) is 0 Å². The van der Waals surface area contributed by atoms with Crippen LogP contribution in [0.3, 0.4) is 0 Å². The SMILES string of the molecule is Fc1ccc(OC2=c3c(Cl)cc(Cl)cc3=NCC2)cc1. The fourth-order valence-corrected chi connectivity index (χ4v) is 2.70. The summed E-state index contributed by atoms with van der Waals surface area (Å²) < 4.78 is 18.7. The Morgan fingerprint density at radius 2 is 1.85 bits per heavy atom. The zero-order valence-electron chi connectivity index (χ0n) is 10.4. The molecular weight excluding hydrogens is 300 g/mol. The second-order valence-corrected chi connectivity index (χ2v) is 5.24. The molecule has 0 saturated carbocycles.